The lowest BCUT2D eigenvalue weighted by Crippen LogP contribution is -2.41. The van der Waals surface area contributed by atoms with E-state index in [4.69, 9.17) is 4.74 Å². The fourth-order valence-electron chi connectivity index (χ4n) is 3.45. The Labute approximate surface area is 133 Å². The lowest BCUT2D eigenvalue weighted by atomic mass is 9.98. The highest BCUT2D eigenvalue weighted by atomic mass is 19.1. The van der Waals surface area contributed by atoms with E-state index in [1.807, 2.05) is 11.1 Å². The van der Waals surface area contributed by atoms with Crippen LogP contribution in [0.2, 0.25) is 0 Å². The minimum absolute atomic E-state index is 0.110. The molecule has 5 heteroatoms. The van der Waals surface area contributed by atoms with Gasteiger partial charge in [0.1, 0.15) is 11.9 Å². The first-order valence-electron chi connectivity index (χ1n) is 8.09. The van der Waals surface area contributed by atoms with Crippen LogP contribution >= 0.6 is 0 Å². The van der Waals surface area contributed by atoms with Crippen LogP contribution in [0.4, 0.5) is 4.39 Å². The van der Waals surface area contributed by atoms with E-state index in [0.717, 1.165) is 35.7 Å². The minimum Gasteiger partial charge on any atom is -0.368 e. The van der Waals surface area contributed by atoms with Gasteiger partial charge in [0.2, 0.25) is 0 Å². The third kappa shape index (κ3) is 2.65. The van der Waals surface area contributed by atoms with E-state index in [9.17, 15) is 9.18 Å². The van der Waals surface area contributed by atoms with Crippen LogP contribution in [0.5, 0.6) is 0 Å². The molecule has 1 amide bonds. The highest BCUT2D eigenvalue weighted by Crippen LogP contribution is 2.30. The van der Waals surface area contributed by atoms with E-state index in [-0.39, 0.29) is 17.8 Å². The summed E-state index contributed by atoms with van der Waals surface area (Å²) >= 11 is 0. The molecule has 1 aromatic heterocycles. The molecule has 3 heterocycles. The van der Waals surface area contributed by atoms with Gasteiger partial charge in [0, 0.05) is 42.4 Å². The molecule has 0 bridgehead atoms. The minimum atomic E-state index is -0.249. The summed E-state index contributed by atoms with van der Waals surface area (Å²) < 4.78 is 18.8. The summed E-state index contributed by atoms with van der Waals surface area (Å²) in [4.78, 5) is 17.4. The van der Waals surface area contributed by atoms with Crippen molar-refractivity contribution in [3.63, 3.8) is 0 Å². The van der Waals surface area contributed by atoms with Gasteiger partial charge >= 0.3 is 0 Å². The highest BCUT2D eigenvalue weighted by Gasteiger charge is 2.29. The Morgan fingerprint density at radius 3 is 3.04 bits per heavy atom. The zero-order chi connectivity index (χ0) is 15.8. The van der Waals surface area contributed by atoms with Crippen LogP contribution in [0, 0.1) is 5.82 Å². The lowest BCUT2D eigenvalue weighted by molar-refractivity contribution is -0.140. The number of aromatic amines is 1. The molecule has 1 aromatic carbocycles. The standard InChI is InChI=1S/C18H19FN2O2/c19-13-3-4-14-15(11-20-16(14)10-13)12-5-7-21(8-6-12)18(22)17-2-1-9-23-17/h3-5,10-11,17,20H,1-2,6-9H2. The van der Waals surface area contributed by atoms with Gasteiger partial charge in [-0.25, -0.2) is 4.39 Å². The molecule has 23 heavy (non-hydrogen) atoms. The van der Waals surface area contributed by atoms with Gasteiger partial charge < -0.3 is 14.6 Å². The Bertz CT molecular complexity index is 774. The van der Waals surface area contributed by atoms with Crippen LogP contribution < -0.4 is 0 Å². The van der Waals surface area contributed by atoms with Gasteiger partial charge in [0.05, 0.1) is 0 Å². The number of fused-ring (bicyclic) bond motifs is 1. The van der Waals surface area contributed by atoms with Crippen LogP contribution in [-0.4, -0.2) is 41.6 Å². The normalized spacial score (nSPS) is 21.7. The molecule has 0 spiro atoms. The number of aromatic nitrogens is 1. The summed E-state index contributed by atoms with van der Waals surface area (Å²) in [6, 6.07) is 4.80. The van der Waals surface area contributed by atoms with E-state index in [2.05, 4.69) is 11.1 Å². The average Bonchev–Trinajstić information content (AvgIpc) is 3.23. The topological polar surface area (TPSA) is 45.3 Å². The van der Waals surface area contributed by atoms with Crippen molar-refractivity contribution in [1.82, 2.24) is 9.88 Å². The van der Waals surface area contributed by atoms with Crippen molar-refractivity contribution >= 4 is 22.4 Å². The van der Waals surface area contributed by atoms with Crippen LogP contribution in [-0.2, 0) is 9.53 Å². The quantitative estimate of drug-likeness (QED) is 0.926. The van der Waals surface area contributed by atoms with Crippen molar-refractivity contribution in [1.29, 1.82) is 0 Å². The molecular formula is C18H19FN2O2. The third-order valence-corrected chi connectivity index (χ3v) is 4.72. The molecule has 0 saturated carbocycles. The van der Waals surface area contributed by atoms with Gasteiger partial charge in [0.25, 0.3) is 5.91 Å². The third-order valence-electron chi connectivity index (χ3n) is 4.72. The van der Waals surface area contributed by atoms with Crippen LogP contribution in [0.25, 0.3) is 16.5 Å². The molecule has 2 aliphatic heterocycles. The van der Waals surface area contributed by atoms with E-state index in [0.29, 0.717) is 19.7 Å². The SMILES string of the molecule is O=C(C1CCCO1)N1CC=C(c2c[nH]c3cc(F)ccc23)CC1. The molecule has 4 rings (SSSR count). The Morgan fingerprint density at radius 1 is 1.39 bits per heavy atom. The van der Waals surface area contributed by atoms with Gasteiger partial charge in [-0.05, 0) is 43.0 Å². The number of hydrogen-bond donors (Lipinski definition) is 1. The van der Waals surface area contributed by atoms with Gasteiger partial charge in [0.15, 0.2) is 0 Å². The van der Waals surface area contributed by atoms with Gasteiger partial charge in [-0.1, -0.05) is 6.08 Å². The Morgan fingerprint density at radius 2 is 2.30 bits per heavy atom. The number of amides is 1. The number of hydrogen-bond acceptors (Lipinski definition) is 2. The fourth-order valence-corrected chi connectivity index (χ4v) is 3.45. The fraction of sp³-hybridized carbons (Fsp3) is 0.389. The van der Waals surface area contributed by atoms with Crippen molar-refractivity contribution in [2.24, 2.45) is 0 Å². The zero-order valence-corrected chi connectivity index (χ0v) is 12.8. The zero-order valence-electron chi connectivity index (χ0n) is 12.8. The van der Waals surface area contributed by atoms with E-state index >= 15 is 0 Å². The molecule has 1 saturated heterocycles. The second-order valence-corrected chi connectivity index (χ2v) is 6.16. The number of H-pyrrole nitrogens is 1. The monoisotopic (exact) mass is 314 g/mol. The average molecular weight is 314 g/mol. The van der Waals surface area contributed by atoms with Crippen LogP contribution in [0.3, 0.4) is 0 Å². The Balaban J connectivity index is 1.53. The summed E-state index contributed by atoms with van der Waals surface area (Å²) in [6.45, 7) is 2.01. The number of nitrogens with zero attached hydrogens (tertiary/aromatic N) is 1. The van der Waals surface area contributed by atoms with Crippen LogP contribution in [0.1, 0.15) is 24.8 Å². The van der Waals surface area contributed by atoms with Crippen LogP contribution in [0.15, 0.2) is 30.5 Å². The molecule has 2 aromatic rings. The summed E-state index contributed by atoms with van der Waals surface area (Å²) in [6.07, 6.45) is 6.39. The second kappa shape index (κ2) is 5.81. The van der Waals surface area contributed by atoms with Gasteiger partial charge in [-0.2, -0.15) is 0 Å². The number of halogens is 1. The predicted octanol–water partition coefficient (Wildman–Crippen LogP) is 3.10. The van der Waals surface area contributed by atoms with Gasteiger partial charge in [-0.3, -0.25) is 4.79 Å². The second-order valence-electron chi connectivity index (χ2n) is 6.16. The smallest absolute Gasteiger partial charge is 0.251 e. The molecule has 120 valence electrons. The predicted molar refractivity (Wildman–Crippen MR) is 86.4 cm³/mol. The number of carbonyl (C=O) groups excluding carboxylic acids is 1. The molecule has 1 atom stereocenters. The molecule has 1 unspecified atom stereocenters. The van der Waals surface area contributed by atoms with Crippen molar-refractivity contribution in [3.8, 4) is 0 Å². The molecule has 2 aliphatic rings. The first kappa shape index (κ1) is 14.5. The molecular weight excluding hydrogens is 295 g/mol. The largest absolute Gasteiger partial charge is 0.368 e. The number of rotatable bonds is 2. The van der Waals surface area contributed by atoms with Crippen molar-refractivity contribution < 1.29 is 13.9 Å². The molecule has 4 nitrogen and oxygen atoms in total. The Hall–Kier alpha value is -2.14. The van der Waals surface area contributed by atoms with Crippen molar-refractivity contribution in [2.75, 3.05) is 19.7 Å². The number of carbonyl (C=O) groups is 1. The van der Waals surface area contributed by atoms with Crippen molar-refractivity contribution in [3.05, 3.63) is 41.9 Å². The van der Waals surface area contributed by atoms with E-state index in [1.54, 1.807) is 6.07 Å². The lowest BCUT2D eigenvalue weighted by Gasteiger charge is -2.28. The molecule has 0 radical (unpaired) electrons. The first-order valence-corrected chi connectivity index (χ1v) is 8.09. The summed E-state index contributed by atoms with van der Waals surface area (Å²) in [5, 5.41) is 1.02. The number of nitrogens with one attached hydrogen (secondary N) is 1. The summed E-state index contributed by atoms with van der Waals surface area (Å²) in [5.41, 5.74) is 3.11. The maximum absolute atomic E-state index is 13.3. The van der Waals surface area contributed by atoms with E-state index in [1.165, 1.54) is 17.7 Å². The van der Waals surface area contributed by atoms with E-state index < -0.39 is 0 Å². The molecule has 1 fully saturated rings. The molecule has 1 N–H and O–H groups in total. The number of benzene rings is 1. The first-order chi connectivity index (χ1) is 11.2. The van der Waals surface area contributed by atoms with Gasteiger partial charge in [-0.15, -0.1) is 0 Å². The molecule has 0 aliphatic carbocycles. The summed E-state index contributed by atoms with van der Waals surface area (Å²) in [7, 11) is 0. The highest BCUT2D eigenvalue weighted by molar-refractivity contribution is 5.93. The maximum Gasteiger partial charge on any atom is 0.251 e. The maximum atomic E-state index is 13.3. The Kier molecular flexibility index (Phi) is 3.65. The summed E-state index contributed by atoms with van der Waals surface area (Å²) in [5.74, 6) is -0.129. The van der Waals surface area contributed by atoms with Crippen molar-refractivity contribution in [2.45, 2.75) is 25.4 Å². The number of ether oxygens (including phenoxy) is 1.